The van der Waals surface area contributed by atoms with E-state index in [1.165, 1.54) is 18.1 Å². The normalized spacial score (nSPS) is 16.0. The number of ketones is 1. The largest absolute Gasteiger partial charge is 0.465 e. The van der Waals surface area contributed by atoms with Gasteiger partial charge in [-0.25, -0.2) is 0 Å². The molecule has 148 valence electrons. The van der Waals surface area contributed by atoms with E-state index in [0.29, 0.717) is 19.8 Å². The molecule has 0 N–H and O–H groups in total. The molecule has 0 atom stereocenters. The molecule has 0 unspecified atom stereocenters. The summed E-state index contributed by atoms with van der Waals surface area (Å²) in [6.07, 6.45) is 0. The van der Waals surface area contributed by atoms with Gasteiger partial charge in [0.25, 0.3) is 0 Å². The van der Waals surface area contributed by atoms with Crippen molar-refractivity contribution in [3.63, 3.8) is 0 Å². The Bertz CT molecular complexity index is 790. The van der Waals surface area contributed by atoms with Crippen LogP contribution in [0.2, 0.25) is 0 Å². The smallest absolute Gasteiger partial charge is 0.323 e. The lowest BCUT2D eigenvalue weighted by atomic mass is 9.81. The van der Waals surface area contributed by atoms with Gasteiger partial charge in [0.1, 0.15) is 0 Å². The van der Waals surface area contributed by atoms with E-state index in [4.69, 9.17) is 4.74 Å². The van der Waals surface area contributed by atoms with Crippen LogP contribution in [0.3, 0.4) is 0 Å². The first kappa shape index (κ1) is 19.9. The van der Waals surface area contributed by atoms with E-state index >= 15 is 0 Å². The van der Waals surface area contributed by atoms with E-state index in [1.807, 2.05) is 62.4 Å². The molecule has 1 aliphatic rings. The average molecular weight is 380 g/mol. The SMILES string of the molecule is CCOC(=O)C1(C(C)=O)CN(c2ccc(C)cc2)CN(c2ccc(C)cc2)C1. The van der Waals surface area contributed by atoms with Crippen LogP contribution in [0.4, 0.5) is 11.4 Å². The zero-order chi connectivity index (χ0) is 20.3. The number of carbonyl (C=O) groups excluding carboxylic acids is 2. The Morgan fingerprint density at radius 1 is 0.893 bits per heavy atom. The van der Waals surface area contributed by atoms with Crippen molar-refractivity contribution in [2.24, 2.45) is 5.41 Å². The van der Waals surface area contributed by atoms with Gasteiger partial charge in [-0.2, -0.15) is 0 Å². The number of rotatable bonds is 5. The Labute approximate surface area is 166 Å². The molecule has 1 heterocycles. The van der Waals surface area contributed by atoms with Crippen LogP contribution in [0.15, 0.2) is 48.5 Å². The third-order valence-electron chi connectivity index (χ3n) is 5.40. The molecular weight excluding hydrogens is 352 g/mol. The molecule has 0 saturated carbocycles. The van der Waals surface area contributed by atoms with Gasteiger partial charge < -0.3 is 14.5 Å². The van der Waals surface area contributed by atoms with E-state index < -0.39 is 11.4 Å². The number of anilines is 2. The number of ether oxygens (including phenoxy) is 1. The highest BCUT2D eigenvalue weighted by Gasteiger charge is 2.50. The Morgan fingerprint density at radius 2 is 1.32 bits per heavy atom. The first-order chi connectivity index (χ1) is 13.4. The summed E-state index contributed by atoms with van der Waals surface area (Å²) in [6, 6.07) is 16.3. The van der Waals surface area contributed by atoms with Crippen LogP contribution >= 0.6 is 0 Å². The molecule has 1 saturated heterocycles. The fourth-order valence-electron chi connectivity index (χ4n) is 3.63. The summed E-state index contributed by atoms with van der Waals surface area (Å²) < 4.78 is 5.34. The summed E-state index contributed by atoms with van der Waals surface area (Å²) in [7, 11) is 0. The number of carbonyl (C=O) groups is 2. The summed E-state index contributed by atoms with van der Waals surface area (Å²) in [5, 5.41) is 0. The van der Waals surface area contributed by atoms with Crippen LogP contribution < -0.4 is 9.80 Å². The molecule has 28 heavy (non-hydrogen) atoms. The van der Waals surface area contributed by atoms with Crippen LogP contribution in [-0.2, 0) is 14.3 Å². The highest BCUT2D eigenvalue weighted by atomic mass is 16.5. The fourth-order valence-corrected chi connectivity index (χ4v) is 3.63. The van der Waals surface area contributed by atoms with Crippen molar-refractivity contribution in [1.29, 1.82) is 0 Å². The van der Waals surface area contributed by atoms with Crippen molar-refractivity contribution in [2.75, 3.05) is 36.2 Å². The predicted octanol–water partition coefficient (Wildman–Crippen LogP) is 3.73. The quantitative estimate of drug-likeness (QED) is 0.584. The highest BCUT2D eigenvalue weighted by molar-refractivity contribution is 6.04. The van der Waals surface area contributed by atoms with Gasteiger partial charge in [-0.3, -0.25) is 9.59 Å². The molecule has 0 bridgehead atoms. The third-order valence-corrected chi connectivity index (χ3v) is 5.40. The third kappa shape index (κ3) is 3.88. The number of esters is 1. The Kier molecular flexibility index (Phi) is 5.73. The molecule has 2 aromatic rings. The lowest BCUT2D eigenvalue weighted by Crippen LogP contribution is -2.62. The van der Waals surface area contributed by atoms with E-state index in [9.17, 15) is 9.59 Å². The first-order valence-electron chi connectivity index (χ1n) is 9.67. The molecule has 1 fully saturated rings. The van der Waals surface area contributed by atoms with E-state index in [0.717, 1.165) is 11.4 Å². The number of benzene rings is 2. The van der Waals surface area contributed by atoms with Gasteiger partial charge in [0.15, 0.2) is 11.2 Å². The molecule has 5 heteroatoms. The first-order valence-corrected chi connectivity index (χ1v) is 9.67. The van der Waals surface area contributed by atoms with Crippen molar-refractivity contribution in [3.8, 4) is 0 Å². The van der Waals surface area contributed by atoms with Crippen molar-refractivity contribution in [3.05, 3.63) is 59.7 Å². The minimum absolute atomic E-state index is 0.167. The second-order valence-electron chi connectivity index (χ2n) is 7.57. The summed E-state index contributed by atoms with van der Waals surface area (Å²) >= 11 is 0. The summed E-state index contributed by atoms with van der Waals surface area (Å²) in [6.45, 7) is 8.81. The Balaban J connectivity index is 2.03. The zero-order valence-corrected chi connectivity index (χ0v) is 17.1. The maximum atomic E-state index is 12.9. The van der Waals surface area contributed by atoms with Gasteiger partial charge in [0.2, 0.25) is 0 Å². The standard InChI is InChI=1S/C23H28N2O3/c1-5-28-22(27)23(19(4)26)14-24(20-10-6-17(2)7-11-20)16-25(15-23)21-12-8-18(3)9-13-21/h6-13H,5,14-16H2,1-4H3. The van der Waals surface area contributed by atoms with Crippen molar-refractivity contribution in [1.82, 2.24) is 0 Å². The Hall–Kier alpha value is -2.82. The minimum atomic E-state index is -1.22. The van der Waals surface area contributed by atoms with E-state index in [-0.39, 0.29) is 12.4 Å². The van der Waals surface area contributed by atoms with Crippen LogP contribution in [0.5, 0.6) is 0 Å². The number of aryl methyl sites for hydroxylation is 2. The Morgan fingerprint density at radius 3 is 1.68 bits per heavy atom. The molecule has 0 radical (unpaired) electrons. The van der Waals surface area contributed by atoms with Crippen LogP contribution in [0, 0.1) is 19.3 Å². The second kappa shape index (κ2) is 8.05. The highest BCUT2D eigenvalue weighted by Crippen LogP contribution is 2.34. The van der Waals surface area contributed by atoms with Crippen LogP contribution in [-0.4, -0.2) is 38.1 Å². The summed E-state index contributed by atoms with van der Waals surface area (Å²) in [4.78, 5) is 29.8. The number of nitrogens with zero attached hydrogens (tertiary/aromatic N) is 2. The van der Waals surface area contributed by atoms with Crippen LogP contribution in [0.1, 0.15) is 25.0 Å². The summed E-state index contributed by atoms with van der Waals surface area (Å²) in [5.41, 5.74) is 3.08. The average Bonchev–Trinajstić information content (AvgIpc) is 2.68. The summed E-state index contributed by atoms with van der Waals surface area (Å²) in [5.74, 6) is -0.615. The topological polar surface area (TPSA) is 49.9 Å². The lowest BCUT2D eigenvalue weighted by molar-refractivity contribution is -0.158. The second-order valence-corrected chi connectivity index (χ2v) is 7.57. The van der Waals surface area contributed by atoms with E-state index in [2.05, 4.69) is 9.80 Å². The van der Waals surface area contributed by atoms with Crippen molar-refractivity contribution in [2.45, 2.75) is 27.7 Å². The molecule has 0 aromatic heterocycles. The van der Waals surface area contributed by atoms with Crippen molar-refractivity contribution >= 4 is 23.1 Å². The van der Waals surface area contributed by atoms with Crippen molar-refractivity contribution < 1.29 is 14.3 Å². The number of hydrogen-bond acceptors (Lipinski definition) is 5. The maximum Gasteiger partial charge on any atom is 0.323 e. The van der Waals surface area contributed by atoms with Gasteiger partial charge in [-0.15, -0.1) is 0 Å². The van der Waals surface area contributed by atoms with E-state index in [1.54, 1.807) is 6.92 Å². The molecular formula is C23H28N2O3. The van der Waals surface area contributed by atoms with Gasteiger partial charge in [-0.05, 0) is 52.0 Å². The van der Waals surface area contributed by atoms with Gasteiger partial charge in [0, 0.05) is 24.5 Å². The number of hydrogen-bond donors (Lipinski definition) is 0. The van der Waals surface area contributed by atoms with Crippen LogP contribution in [0.25, 0.3) is 0 Å². The lowest BCUT2D eigenvalue weighted by Gasteiger charge is -2.47. The zero-order valence-electron chi connectivity index (χ0n) is 17.1. The monoisotopic (exact) mass is 380 g/mol. The molecule has 5 nitrogen and oxygen atoms in total. The fraction of sp³-hybridized carbons (Fsp3) is 0.391. The van der Waals surface area contributed by atoms with Gasteiger partial charge in [0.05, 0.1) is 13.3 Å². The maximum absolute atomic E-state index is 12.9. The molecule has 1 aliphatic heterocycles. The molecule has 3 rings (SSSR count). The number of Topliss-reactive ketones (excluding diaryl/α,β-unsaturated/α-hetero) is 1. The molecule has 0 aliphatic carbocycles. The molecule has 0 spiro atoms. The minimum Gasteiger partial charge on any atom is -0.465 e. The molecule has 2 aromatic carbocycles. The predicted molar refractivity (Wildman–Crippen MR) is 112 cm³/mol. The molecule has 0 amide bonds. The van der Waals surface area contributed by atoms with Gasteiger partial charge in [-0.1, -0.05) is 35.4 Å². The van der Waals surface area contributed by atoms with Gasteiger partial charge >= 0.3 is 5.97 Å².